The molecule has 0 bridgehead atoms. The number of Topliss-reactive ketones (excluding diaryl/α,β-unsaturated/α-hetero) is 2. The zero-order chi connectivity index (χ0) is 14.3. The van der Waals surface area contributed by atoms with Crippen LogP contribution in [0.4, 0.5) is 0 Å². The second-order valence-corrected chi connectivity index (χ2v) is 5.09. The molecule has 0 N–H and O–H groups in total. The van der Waals surface area contributed by atoms with Crippen molar-refractivity contribution in [3.63, 3.8) is 0 Å². The van der Waals surface area contributed by atoms with Gasteiger partial charge in [-0.3, -0.25) is 9.59 Å². The fraction of sp³-hybridized carbons (Fsp3) is 0.111. The fourth-order valence-corrected chi connectivity index (χ4v) is 2.44. The van der Waals surface area contributed by atoms with Gasteiger partial charge in [0, 0.05) is 11.1 Å². The van der Waals surface area contributed by atoms with Gasteiger partial charge in [-0.05, 0) is 59.7 Å². The van der Waals surface area contributed by atoms with Gasteiger partial charge in [-0.2, -0.15) is 0 Å². The van der Waals surface area contributed by atoms with Gasteiger partial charge in [-0.1, -0.05) is 24.3 Å². The van der Waals surface area contributed by atoms with E-state index in [1.807, 2.05) is 36.4 Å². The molecule has 3 aromatic rings. The molecule has 0 radical (unpaired) electrons. The Balaban J connectivity index is 2.27. The summed E-state index contributed by atoms with van der Waals surface area (Å²) in [6.07, 6.45) is 0. The van der Waals surface area contributed by atoms with E-state index in [0.29, 0.717) is 0 Å². The van der Waals surface area contributed by atoms with Crippen LogP contribution in [0.15, 0.2) is 48.5 Å². The van der Waals surface area contributed by atoms with Crippen molar-refractivity contribution >= 4 is 33.1 Å². The van der Waals surface area contributed by atoms with Gasteiger partial charge >= 0.3 is 0 Å². The normalized spacial score (nSPS) is 10.9. The number of hydrogen-bond acceptors (Lipinski definition) is 2. The second kappa shape index (κ2) is 4.57. The molecule has 0 heterocycles. The average molecular weight is 262 g/mol. The minimum absolute atomic E-state index is 0.0684. The molecule has 0 spiro atoms. The SMILES string of the molecule is CC(=O)c1ccc2cc3cc(C(C)=O)ccc3cc2c1. The van der Waals surface area contributed by atoms with E-state index in [4.69, 9.17) is 0 Å². The molecule has 0 saturated heterocycles. The molecule has 0 aromatic heterocycles. The zero-order valence-electron chi connectivity index (χ0n) is 11.4. The van der Waals surface area contributed by atoms with Crippen molar-refractivity contribution in [3.05, 3.63) is 59.7 Å². The Hall–Kier alpha value is -2.48. The summed E-state index contributed by atoms with van der Waals surface area (Å²) in [4.78, 5) is 22.9. The van der Waals surface area contributed by atoms with Gasteiger partial charge in [0.05, 0.1) is 0 Å². The Morgan fingerprint density at radius 1 is 0.600 bits per heavy atom. The lowest BCUT2D eigenvalue weighted by Crippen LogP contribution is -1.92. The minimum Gasteiger partial charge on any atom is -0.295 e. The van der Waals surface area contributed by atoms with Crippen LogP contribution in [0.1, 0.15) is 34.6 Å². The van der Waals surface area contributed by atoms with E-state index in [-0.39, 0.29) is 11.6 Å². The molecule has 0 aliphatic rings. The highest BCUT2D eigenvalue weighted by atomic mass is 16.1. The molecule has 0 amide bonds. The zero-order valence-corrected chi connectivity index (χ0v) is 11.4. The molecular weight excluding hydrogens is 248 g/mol. The van der Waals surface area contributed by atoms with E-state index < -0.39 is 0 Å². The topological polar surface area (TPSA) is 34.1 Å². The minimum atomic E-state index is 0.0684. The predicted molar refractivity (Wildman–Crippen MR) is 81.5 cm³/mol. The molecule has 3 aromatic carbocycles. The molecule has 20 heavy (non-hydrogen) atoms. The number of carbonyl (C=O) groups excluding carboxylic acids is 2. The van der Waals surface area contributed by atoms with Crippen LogP contribution in [-0.2, 0) is 0 Å². The van der Waals surface area contributed by atoms with Crippen LogP contribution in [0.5, 0.6) is 0 Å². The van der Waals surface area contributed by atoms with E-state index >= 15 is 0 Å². The largest absolute Gasteiger partial charge is 0.295 e. The van der Waals surface area contributed by atoms with E-state index in [1.165, 1.54) is 0 Å². The number of fused-ring (bicyclic) bond motifs is 2. The van der Waals surface area contributed by atoms with Crippen molar-refractivity contribution in [2.45, 2.75) is 13.8 Å². The van der Waals surface area contributed by atoms with Crippen molar-refractivity contribution in [2.75, 3.05) is 0 Å². The molecule has 0 fully saturated rings. The van der Waals surface area contributed by atoms with Gasteiger partial charge in [0.15, 0.2) is 11.6 Å². The van der Waals surface area contributed by atoms with Gasteiger partial charge in [-0.25, -0.2) is 0 Å². The van der Waals surface area contributed by atoms with Crippen LogP contribution < -0.4 is 0 Å². The van der Waals surface area contributed by atoms with Crippen molar-refractivity contribution < 1.29 is 9.59 Å². The van der Waals surface area contributed by atoms with Crippen LogP contribution in [0.3, 0.4) is 0 Å². The van der Waals surface area contributed by atoms with Crippen molar-refractivity contribution in [3.8, 4) is 0 Å². The molecule has 98 valence electrons. The lowest BCUT2D eigenvalue weighted by Gasteiger charge is -2.05. The molecule has 2 heteroatoms. The first-order valence-electron chi connectivity index (χ1n) is 6.54. The summed E-state index contributed by atoms with van der Waals surface area (Å²) in [5.41, 5.74) is 1.44. The van der Waals surface area contributed by atoms with Gasteiger partial charge in [-0.15, -0.1) is 0 Å². The summed E-state index contributed by atoms with van der Waals surface area (Å²) in [6, 6.07) is 15.5. The predicted octanol–water partition coefficient (Wildman–Crippen LogP) is 4.40. The maximum atomic E-state index is 11.4. The fourth-order valence-electron chi connectivity index (χ4n) is 2.44. The Morgan fingerprint density at radius 2 is 1.00 bits per heavy atom. The van der Waals surface area contributed by atoms with E-state index in [0.717, 1.165) is 32.7 Å². The maximum Gasteiger partial charge on any atom is 0.159 e. The molecule has 2 nitrogen and oxygen atoms in total. The van der Waals surface area contributed by atoms with Crippen molar-refractivity contribution in [1.29, 1.82) is 0 Å². The highest BCUT2D eigenvalue weighted by Crippen LogP contribution is 2.25. The molecular formula is C18H14O2. The third-order valence-corrected chi connectivity index (χ3v) is 3.61. The summed E-state index contributed by atoms with van der Waals surface area (Å²) in [5, 5.41) is 4.23. The average Bonchev–Trinajstić information content (AvgIpc) is 2.43. The first-order chi connectivity index (χ1) is 9.54. The summed E-state index contributed by atoms with van der Waals surface area (Å²) in [5.74, 6) is 0.137. The van der Waals surface area contributed by atoms with E-state index in [1.54, 1.807) is 13.8 Å². The Labute approximate surface area is 117 Å². The lowest BCUT2D eigenvalue weighted by atomic mass is 9.99. The number of benzene rings is 3. The first kappa shape index (κ1) is 12.5. The van der Waals surface area contributed by atoms with Gasteiger partial charge < -0.3 is 0 Å². The highest BCUT2D eigenvalue weighted by molar-refractivity contribution is 6.05. The summed E-state index contributed by atoms with van der Waals surface area (Å²) in [6.45, 7) is 3.14. The van der Waals surface area contributed by atoms with Crippen LogP contribution >= 0.6 is 0 Å². The molecule has 0 unspecified atom stereocenters. The molecule has 3 rings (SSSR count). The highest BCUT2D eigenvalue weighted by Gasteiger charge is 2.05. The van der Waals surface area contributed by atoms with Gasteiger partial charge in [0.2, 0.25) is 0 Å². The first-order valence-corrected chi connectivity index (χ1v) is 6.54. The monoisotopic (exact) mass is 262 g/mol. The van der Waals surface area contributed by atoms with Gasteiger partial charge in [0.1, 0.15) is 0 Å². The number of hydrogen-bond donors (Lipinski definition) is 0. The van der Waals surface area contributed by atoms with Crippen LogP contribution in [-0.4, -0.2) is 11.6 Å². The van der Waals surface area contributed by atoms with Crippen molar-refractivity contribution in [1.82, 2.24) is 0 Å². The Kier molecular flexibility index (Phi) is 2.87. The quantitative estimate of drug-likeness (QED) is 0.506. The second-order valence-electron chi connectivity index (χ2n) is 5.09. The molecule has 0 atom stereocenters. The Morgan fingerprint density at radius 3 is 1.35 bits per heavy atom. The van der Waals surface area contributed by atoms with Crippen LogP contribution in [0.2, 0.25) is 0 Å². The third kappa shape index (κ3) is 2.10. The summed E-state index contributed by atoms with van der Waals surface area (Å²) in [7, 11) is 0. The third-order valence-electron chi connectivity index (χ3n) is 3.61. The molecule has 0 aliphatic carbocycles. The Bertz CT molecular complexity index is 786. The van der Waals surface area contributed by atoms with Crippen LogP contribution in [0, 0.1) is 0 Å². The van der Waals surface area contributed by atoms with Crippen LogP contribution in [0.25, 0.3) is 21.5 Å². The summed E-state index contributed by atoms with van der Waals surface area (Å²) >= 11 is 0. The number of ketones is 2. The van der Waals surface area contributed by atoms with Gasteiger partial charge in [0.25, 0.3) is 0 Å². The van der Waals surface area contributed by atoms with Crippen molar-refractivity contribution in [2.24, 2.45) is 0 Å². The standard InChI is InChI=1S/C18H14O2/c1-11(19)13-3-5-15-10-18-8-14(12(2)20)4-6-16(18)9-17(15)7-13/h3-10H,1-2H3. The lowest BCUT2D eigenvalue weighted by molar-refractivity contribution is 0.100. The molecule has 0 saturated carbocycles. The smallest absolute Gasteiger partial charge is 0.159 e. The number of carbonyl (C=O) groups is 2. The van der Waals surface area contributed by atoms with E-state index in [2.05, 4.69) is 12.1 Å². The molecule has 0 aliphatic heterocycles. The number of rotatable bonds is 2. The van der Waals surface area contributed by atoms with E-state index in [9.17, 15) is 9.59 Å². The summed E-state index contributed by atoms with van der Waals surface area (Å²) < 4.78 is 0. The maximum absolute atomic E-state index is 11.4.